The van der Waals surface area contributed by atoms with Crippen LogP contribution in [-0.4, -0.2) is 30.1 Å². The van der Waals surface area contributed by atoms with Crippen molar-refractivity contribution in [3.63, 3.8) is 0 Å². The molecule has 2 heteroatoms. The van der Waals surface area contributed by atoms with E-state index in [2.05, 4.69) is 32.6 Å². The Morgan fingerprint density at radius 1 is 1.00 bits per heavy atom. The maximum absolute atomic E-state index is 6.03. The van der Waals surface area contributed by atoms with E-state index in [-0.39, 0.29) is 0 Å². The van der Waals surface area contributed by atoms with Gasteiger partial charge >= 0.3 is 0 Å². The fourth-order valence-electron chi connectivity index (χ4n) is 4.29. The van der Waals surface area contributed by atoms with Crippen molar-refractivity contribution in [1.29, 1.82) is 0 Å². The van der Waals surface area contributed by atoms with Gasteiger partial charge in [0.15, 0.2) is 0 Å². The zero-order valence-electron chi connectivity index (χ0n) is 12.7. The van der Waals surface area contributed by atoms with E-state index in [4.69, 9.17) is 5.73 Å². The van der Waals surface area contributed by atoms with Crippen LogP contribution in [0.2, 0.25) is 0 Å². The van der Waals surface area contributed by atoms with Gasteiger partial charge in [-0.2, -0.15) is 0 Å². The molecule has 1 heterocycles. The van der Waals surface area contributed by atoms with Crippen molar-refractivity contribution < 1.29 is 0 Å². The maximum Gasteiger partial charge on any atom is 0.0141 e. The molecule has 0 aromatic heterocycles. The summed E-state index contributed by atoms with van der Waals surface area (Å²) in [5, 5.41) is 0. The Morgan fingerprint density at radius 3 is 2.39 bits per heavy atom. The first-order chi connectivity index (χ1) is 8.52. The molecule has 0 spiro atoms. The summed E-state index contributed by atoms with van der Waals surface area (Å²) < 4.78 is 0. The predicted octanol–water partition coefficient (Wildman–Crippen LogP) is 3.12. The van der Waals surface area contributed by atoms with Crippen LogP contribution >= 0.6 is 0 Å². The summed E-state index contributed by atoms with van der Waals surface area (Å²) in [7, 11) is 0. The first-order valence-electron chi connectivity index (χ1n) is 7.98. The average Bonchev–Trinajstić information content (AvgIpc) is 2.33. The lowest BCUT2D eigenvalue weighted by atomic mass is 9.75. The van der Waals surface area contributed by atoms with E-state index in [0.717, 1.165) is 42.3 Å². The molecule has 6 atom stereocenters. The third kappa shape index (κ3) is 2.91. The van der Waals surface area contributed by atoms with Gasteiger partial charge in [0.2, 0.25) is 0 Å². The molecular formula is C16H32N2. The summed E-state index contributed by atoms with van der Waals surface area (Å²) in [6.07, 6.45) is 5.49. The minimum absolute atomic E-state index is 0.737. The van der Waals surface area contributed by atoms with Crippen molar-refractivity contribution in [2.75, 3.05) is 13.1 Å². The number of nitrogens with zero attached hydrogens (tertiary/aromatic N) is 1. The van der Waals surface area contributed by atoms with Crippen molar-refractivity contribution in [2.24, 2.45) is 29.4 Å². The van der Waals surface area contributed by atoms with Gasteiger partial charge in [0, 0.05) is 18.6 Å². The normalized spacial score (nSPS) is 47.2. The zero-order valence-corrected chi connectivity index (χ0v) is 12.7. The van der Waals surface area contributed by atoms with Crippen LogP contribution in [-0.2, 0) is 0 Å². The van der Waals surface area contributed by atoms with Crippen LogP contribution in [0.3, 0.4) is 0 Å². The van der Waals surface area contributed by atoms with Crippen molar-refractivity contribution >= 4 is 0 Å². The van der Waals surface area contributed by atoms with Crippen LogP contribution in [0, 0.1) is 23.7 Å². The molecular weight excluding hydrogens is 220 g/mol. The van der Waals surface area contributed by atoms with E-state index in [1.54, 1.807) is 0 Å². The van der Waals surface area contributed by atoms with Crippen LogP contribution in [0.5, 0.6) is 0 Å². The third-order valence-corrected chi connectivity index (χ3v) is 5.59. The van der Waals surface area contributed by atoms with Crippen molar-refractivity contribution in [3.05, 3.63) is 0 Å². The van der Waals surface area contributed by atoms with E-state index in [0.29, 0.717) is 0 Å². The second-order valence-electron chi connectivity index (χ2n) is 7.24. The molecule has 0 aromatic rings. The van der Waals surface area contributed by atoms with Crippen molar-refractivity contribution in [2.45, 2.75) is 65.5 Å². The average molecular weight is 252 g/mol. The van der Waals surface area contributed by atoms with E-state index in [1.165, 1.54) is 32.2 Å². The van der Waals surface area contributed by atoms with Crippen LogP contribution in [0.4, 0.5) is 0 Å². The zero-order chi connectivity index (χ0) is 13.3. The highest BCUT2D eigenvalue weighted by Gasteiger charge is 2.38. The third-order valence-electron chi connectivity index (χ3n) is 5.59. The van der Waals surface area contributed by atoms with Crippen LogP contribution in [0.15, 0.2) is 0 Å². The topological polar surface area (TPSA) is 29.3 Å². The van der Waals surface area contributed by atoms with Gasteiger partial charge < -0.3 is 5.73 Å². The quantitative estimate of drug-likeness (QED) is 0.818. The molecule has 1 aliphatic carbocycles. The molecule has 0 radical (unpaired) electrons. The molecule has 0 aromatic carbocycles. The summed E-state index contributed by atoms with van der Waals surface area (Å²) in [6, 6.07) is 1.49. The van der Waals surface area contributed by atoms with E-state index in [1.807, 2.05) is 0 Å². The van der Waals surface area contributed by atoms with Crippen molar-refractivity contribution in [1.82, 2.24) is 4.90 Å². The van der Waals surface area contributed by atoms with E-state index in [9.17, 15) is 0 Å². The first kappa shape index (κ1) is 14.3. The Hall–Kier alpha value is -0.0800. The van der Waals surface area contributed by atoms with Crippen LogP contribution in [0.25, 0.3) is 0 Å². The highest BCUT2D eigenvalue weighted by Crippen LogP contribution is 2.37. The molecule has 2 nitrogen and oxygen atoms in total. The Bertz CT molecular complexity index is 260. The molecule has 0 amide bonds. The van der Waals surface area contributed by atoms with Gasteiger partial charge in [-0.25, -0.2) is 0 Å². The molecule has 1 saturated heterocycles. The molecule has 6 unspecified atom stereocenters. The fraction of sp³-hybridized carbons (Fsp3) is 1.00. The van der Waals surface area contributed by atoms with Crippen LogP contribution in [0.1, 0.15) is 53.4 Å². The highest BCUT2D eigenvalue weighted by molar-refractivity contribution is 4.92. The van der Waals surface area contributed by atoms with Gasteiger partial charge in [-0.05, 0) is 56.4 Å². The number of hydrogen-bond donors (Lipinski definition) is 1. The summed E-state index contributed by atoms with van der Waals surface area (Å²) in [5.41, 5.74) is 6.03. The largest absolute Gasteiger partial charge is 0.330 e. The molecule has 2 fully saturated rings. The standard InChI is InChI=1S/C16H32N2/c1-11-5-6-15(9-17)16(8-11)18-10-12(2)7-13(3)14(18)4/h11-16H,5-10,17H2,1-4H3. The lowest BCUT2D eigenvalue weighted by Gasteiger charge is -2.50. The Kier molecular flexibility index (Phi) is 4.71. The van der Waals surface area contributed by atoms with Gasteiger partial charge in [-0.3, -0.25) is 4.90 Å². The SMILES string of the molecule is CC1CCC(CN)C(N2CC(C)CC(C)C2C)C1. The highest BCUT2D eigenvalue weighted by atomic mass is 15.2. The lowest BCUT2D eigenvalue weighted by molar-refractivity contribution is -0.00631. The van der Waals surface area contributed by atoms with Crippen molar-refractivity contribution in [3.8, 4) is 0 Å². The number of rotatable bonds is 2. The smallest absolute Gasteiger partial charge is 0.0141 e. The Balaban J connectivity index is 2.10. The molecule has 18 heavy (non-hydrogen) atoms. The minimum Gasteiger partial charge on any atom is -0.330 e. The number of piperidine rings is 1. The van der Waals surface area contributed by atoms with E-state index < -0.39 is 0 Å². The molecule has 1 saturated carbocycles. The number of likely N-dealkylation sites (tertiary alicyclic amines) is 1. The van der Waals surface area contributed by atoms with Gasteiger partial charge in [-0.1, -0.05) is 27.2 Å². The monoisotopic (exact) mass is 252 g/mol. The van der Waals surface area contributed by atoms with Gasteiger partial charge in [0.1, 0.15) is 0 Å². The summed E-state index contributed by atoms with van der Waals surface area (Å²) >= 11 is 0. The Morgan fingerprint density at radius 2 is 1.72 bits per heavy atom. The fourth-order valence-corrected chi connectivity index (χ4v) is 4.29. The minimum atomic E-state index is 0.737. The van der Waals surface area contributed by atoms with Crippen LogP contribution < -0.4 is 5.73 Å². The molecule has 2 rings (SSSR count). The lowest BCUT2D eigenvalue weighted by Crippen LogP contribution is -2.55. The molecule has 2 N–H and O–H groups in total. The second-order valence-corrected chi connectivity index (χ2v) is 7.24. The molecule has 2 aliphatic rings. The predicted molar refractivity (Wildman–Crippen MR) is 78.5 cm³/mol. The second kappa shape index (κ2) is 5.92. The van der Waals surface area contributed by atoms with Gasteiger partial charge in [0.25, 0.3) is 0 Å². The molecule has 0 bridgehead atoms. The summed E-state index contributed by atoms with van der Waals surface area (Å²) in [5.74, 6) is 3.31. The number of hydrogen-bond acceptors (Lipinski definition) is 2. The summed E-state index contributed by atoms with van der Waals surface area (Å²) in [6.45, 7) is 11.9. The Labute approximate surface area is 113 Å². The van der Waals surface area contributed by atoms with E-state index >= 15 is 0 Å². The number of nitrogens with two attached hydrogens (primary N) is 1. The van der Waals surface area contributed by atoms with Gasteiger partial charge in [-0.15, -0.1) is 0 Å². The molecule has 1 aliphatic heterocycles. The maximum atomic E-state index is 6.03. The first-order valence-corrected chi connectivity index (χ1v) is 7.98. The molecule has 106 valence electrons. The summed E-state index contributed by atoms with van der Waals surface area (Å²) in [4.78, 5) is 2.81. The van der Waals surface area contributed by atoms with Gasteiger partial charge in [0.05, 0.1) is 0 Å².